The van der Waals surface area contributed by atoms with Gasteiger partial charge in [0.05, 0.1) is 0 Å². The van der Waals surface area contributed by atoms with Crippen LogP contribution in [0.2, 0.25) is 0 Å². The van der Waals surface area contributed by atoms with E-state index in [2.05, 4.69) is 0 Å². The van der Waals surface area contributed by atoms with Crippen LogP contribution in [0.25, 0.3) is 0 Å². The van der Waals surface area contributed by atoms with Crippen molar-refractivity contribution in [3.05, 3.63) is 0 Å². The zero-order valence-electron chi connectivity index (χ0n) is 10.9. The third kappa shape index (κ3) is 2.02. The summed E-state index contributed by atoms with van der Waals surface area (Å²) < 4.78 is 119. The van der Waals surface area contributed by atoms with Crippen LogP contribution in [0.5, 0.6) is 0 Å². The van der Waals surface area contributed by atoms with Gasteiger partial charge in [0.1, 0.15) is 0 Å². The van der Waals surface area contributed by atoms with Gasteiger partial charge < -0.3 is 0 Å². The summed E-state index contributed by atoms with van der Waals surface area (Å²) >= 11 is 1.36. The topological polar surface area (TPSA) is 0 Å². The predicted octanol–water partition coefficient (Wildman–Crippen LogP) is 5.63. The van der Waals surface area contributed by atoms with Gasteiger partial charge in [-0.2, -0.15) is 35.1 Å². The van der Waals surface area contributed by atoms with E-state index in [1.807, 2.05) is 0 Å². The van der Waals surface area contributed by atoms with Crippen LogP contribution in [0.1, 0.15) is 33.1 Å². The number of alkyl halides is 10. The first-order valence-electron chi connectivity index (χ1n) is 5.97. The third-order valence-corrected chi connectivity index (χ3v) is 5.91. The molecular formula is C11H12F9I. The van der Waals surface area contributed by atoms with Crippen molar-refractivity contribution in [3.63, 3.8) is 0 Å². The summed E-state index contributed by atoms with van der Waals surface area (Å²) in [5.74, 6) is -25.3. The lowest BCUT2D eigenvalue weighted by Crippen LogP contribution is -2.57. The van der Waals surface area contributed by atoms with Crippen molar-refractivity contribution in [1.29, 1.82) is 0 Å². The van der Waals surface area contributed by atoms with Gasteiger partial charge >= 0.3 is 23.7 Å². The zero-order valence-corrected chi connectivity index (χ0v) is 13.1. The van der Waals surface area contributed by atoms with Crippen LogP contribution < -0.4 is 0 Å². The van der Waals surface area contributed by atoms with Crippen molar-refractivity contribution >= 4 is 22.6 Å². The molecule has 0 heterocycles. The Morgan fingerprint density at radius 1 is 0.667 bits per heavy atom. The van der Waals surface area contributed by atoms with Gasteiger partial charge in [0.2, 0.25) is 0 Å². The lowest BCUT2D eigenvalue weighted by Gasteiger charge is -2.37. The minimum Gasteiger partial charge on any atom is -0.230 e. The Hall–Kier alpha value is 0.1000. The summed E-state index contributed by atoms with van der Waals surface area (Å²) in [6.45, 7) is 2.67. The molecule has 0 aliphatic heterocycles. The molecule has 0 radical (unpaired) electrons. The van der Waals surface area contributed by atoms with Gasteiger partial charge in [-0.3, -0.25) is 0 Å². The molecule has 1 saturated carbocycles. The highest BCUT2D eigenvalue weighted by Gasteiger charge is 3.00. The van der Waals surface area contributed by atoms with Gasteiger partial charge in [-0.05, 0) is 12.8 Å². The summed E-state index contributed by atoms with van der Waals surface area (Å²) in [5, 5.41) is 0. The second kappa shape index (κ2) is 4.80. The van der Waals surface area contributed by atoms with Crippen LogP contribution >= 0.6 is 22.6 Å². The SMILES string of the molecule is CCC(I)(CC)CC1(F)C(F)(F)C(F)(F)C(F)(F)C1(F)F. The maximum absolute atomic E-state index is 14.3. The molecule has 1 rings (SSSR count). The van der Waals surface area contributed by atoms with Crippen LogP contribution in [0.3, 0.4) is 0 Å². The van der Waals surface area contributed by atoms with Crippen molar-refractivity contribution in [2.75, 3.05) is 0 Å². The monoisotopic (exact) mass is 442 g/mol. The van der Waals surface area contributed by atoms with Crippen LogP contribution in [-0.4, -0.2) is 32.8 Å². The number of rotatable bonds is 4. The average molecular weight is 442 g/mol. The second-order valence-electron chi connectivity index (χ2n) is 5.13. The first-order chi connectivity index (χ1) is 9.08. The molecule has 0 amide bonds. The molecule has 10 heteroatoms. The van der Waals surface area contributed by atoms with Gasteiger partial charge in [0.25, 0.3) is 5.67 Å². The van der Waals surface area contributed by atoms with Crippen molar-refractivity contribution < 1.29 is 39.5 Å². The van der Waals surface area contributed by atoms with E-state index >= 15 is 0 Å². The lowest BCUT2D eigenvalue weighted by molar-refractivity contribution is -0.303. The highest BCUT2D eigenvalue weighted by Crippen LogP contribution is 2.71. The summed E-state index contributed by atoms with van der Waals surface area (Å²) in [6, 6.07) is 0. The molecule has 0 aromatic rings. The highest BCUT2D eigenvalue weighted by molar-refractivity contribution is 14.1. The molecule has 0 saturated heterocycles. The van der Waals surface area contributed by atoms with Gasteiger partial charge in [-0.15, -0.1) is 0 Å². The number of hydrogen-bond donors (Lipinski definition) is 0. The Bertz CT molecular complexity index is 388. The van der Waals surface area contributed by atoms with E-state index in [1.54, 1.807) is 0 Å². The van der Waals surface area contributed by atoms with Gasteiger partial charge in [-0.25, -0.2) is 4.39 Å². The van der Waals surface area contributed by atoms with E-state index in [1.165, 1.54) is 36.4 Å². The number of halogens is 10. The van der Waals surface area contributed by atoms with E-state index < -0.39 is 39.2 Å². The molecule has 0 nitrogen and oxygen atoms in total. The van der Waals surface area contributed by atoms with Crippen LogP contribution in [0.4, 0.5) is 39.5 Å². The standard InChI is InChI=1S/C11H12F9I/c1-3-6(21,4-2)5-7(12)8(13,14)10(17,18)11(19,20)9(7,15)16/h3-5H2,1-2H3. The van der Waals surface area contributed by atoms with Crippen molar-refractivity contribution in [2.24, 2.45) is 0 Å². The largest absolute Gasteiger partial charge is 0.381 e. The molecule has 21 heavy (non-hydrogen) atoms. The first kappa shape index (κ1) is 19.1. The molecule has 0 atom stereocenters. The predicted molar refractivity (Wildman–Crippen MR) is 65.6 cm³/mol. The molecule has 1 aliphatic rings. The second-order valence-corrected chi connectivity index (χ2v) is 7.42. The van der Waals surface area contributed by atoms with Gasteiger partial charge in [-0.1, -0.05) is 36.4 Å². The lowest BCUT2D eigenvalue weighted by atomic mass is 9.83. The Labute approximate surface area is 128 Å². The Balaban J connectivity index is 3.53. The Morgan fingerprint density at radius 2 is 0.952 bits per heavy atom. The molecule has 126 valence electrons. The van der Waals surface area contributed by atoms with Crippen LogP contribution in [-0.2, 0) is 0 Å². The normalized spacial score (nSPS) is 28.6. The van der Waals surface area contributed by atoms with Crippen molar-refractivity contribution in [2.45, 2.75) is 65.9 Å². The van der Waals surface area contributed by atoms with E-state index in [0.717, 1.165) is 0 Å². The Kier molecular flexibility index (Phi) is 4.37. The summed E-state index contributed by atoms with van der Waals surface area (Å²) in [4.78, 5) is 0. The third-order valence-electron chi connectivity index (χ3n) is 4.01. The maximum atomic E-state index is 14.3. The minimum absolute atomic E-state index is 0.126. The van der Waals surface area contributed by atoms with Crippen LogP contribution in [0, 0.1) is 0 Å². The van der Waals surface area contributed by atoms with Gasteiger partial charge in [0, 0.05) is 9.84 Å². The summed E-state index contributed by atoms with van der Waals surface area (Å²) in [5.41, 5.74) is -5.33. The van der Waals surface area contributed by atoms with Crippen molar-refractivity contribution in [1.82, 2.24) is 0 Å². The van der Waals surface area contributed by atoms with Crippen molar-refractivity contribution in [3.8, 4) is 0 Å². The van der Waals surface area contributed by atoms with Gasteiger partial charge in [0.15, 0.2) is 0 Å². The average Bonchev–Trinajstić information content (AvgIpc) is 2.40. The molecule has 0 unspecified atom stereocenters. The molecule has 0 aromatic heterocycles. The number of hydrogen-bond acceptors (Lipinski definition) is 0. The maximum Gasteiger partial charge on any atom is 0.381 e. The highest BCUT2D eigenvalue weighted by atomic mass is 127. The fraction of sp³-hybridized carbons (Fsp3) is 1.00. The van der Waals surface area contributed by atoms with E-state index in [9.17, 15) is 39.5 Å². The van der Waals surface area contributed by atoms with E-state index in [0.29, 0.717) is 0 Å². The molecular weight excluding hydrogens is 430 g/mol. The smallest absolute Gasteiger partial charge is 0.230 e. The quantitative estimate of drug-likeness (QED) is 0.301. The summed E-state index contributed by atoms with van der Waals surface area (Å²) in [6.07, 6.45) is -2.06. The molecule has 1 aliphatic carbocycles. The fourth-order valence-corrected chi connectivity index (χ4v) is 2.77. The fourth-order valence-electron chi connectivity index (χ4n) is 2.25. The zero-order chi connectivity index (χ0) is 17.1. The minimum atomic E-state index is -6.47. The molecule has 0 N–H and O–H groups in total. The molecule has 0 bridgehead atoms. The molecule has 0 aromatic carbocycles. The van der Waals surface area contributed by atoms with E-state index in [-0.39, 0.29) is 12.8 Å². The summed E-state index contributed by atoms with van der Waals surface area (Å²) in [7, 11) is 0. The van der Waals surface area contributed by atoms with Crippen LogP contribution in [0.15, 0.2) is 0 Å². The first-order valence-corrected chi connectivity index (χ1v) is 7.05. The van der Waals surface area contributed by atoms with E-state index in [4.69, 9.17) is 0 Å². The molecule has 1 fully saturated rings. The molecule has 0 spiro atoms. The Morgan fingerprint density at radius 3 is 1.19 bits per heavy atom.